The Morgan fingerprint density at radius 1 is 1.33 bits per heavy atom. The molecule has 0 unspecified atom stereocenters. The van der Waals surface area contributed by atoms with E-state index in [9.17, 15) is 4.79 Å². The van der Waals surface area contributed by atoms with Gasteiger partial charge in [0, 0.05) is 16.5 Å². The van der Waals surface area contributed by atoms with Crippen LogP contribution in [0.3, 0.4) is 0 Å². The third-order valence-electron chi connectivity index (χ3n) is 1.99. The lowest BCUT2D eigenvalue weighted by Gasteiger charge is -2.05. The second-order valence-corrected chi connectivity index (χ2v) is 4.91. The van der Waals surface area contributed by atoms with Crippen molar-refractivity contribution in [2.24, 2.45) is 0 Å². The van der Waals surface area contributed by atoms with Gasteiger partial charge in [0.05, 0.1) is 25.6 Å². The van der Waals surface area contributed by atoms with E-state index in [0.29, 0.717) is 30.5 Å². The second kappa shape index (κ2) is 9.22. The van der Waals surface area contributed by atoms with Crippen LogP contribution in [0.5, 0.6) is 0 Å². The van der Waals surface area contributed by atoms with Gasteiger partial charge in [-0.15, -0.1) is 11.8 Å². The van der Waals surface area contributed by atoms with Crippen molar-refractivity contribution in [3.05, 3.63) is 29.3 Å². The van der Waals surface area contributed by atoms with Crippen LogP contribution >= 0.6 is 23.4 Å². The standard InChI is InChI=1S/C12H16ClNO3S/c13-10-1-3-11(4-2-10)18-9-12(16)14-5-7-17-8-6-15/h1-4,15H,5-9H2,(H,14,16). The maximum Gasteiger partial charge on any atom is 0.230 e. The minimum Gasteiger partial charge on any atom is -0.394 e. The van der Waals surface area contributed by atoms with Crippen LogP contribution < -0.4 is 5.32 Å². The summed E-state index contributed by atoms with van der Waals surface area (Å²) in [6.45, 7) is 1.17. The maximum atomic E-state index is 11.5. The third kappa shape index (κ3) is 6.86. The zero-order valence-corrected chi connectivity index (χ0v) is 11.5. The van der Waals surface area contributed by atoms with Crippen LogP contribution in [0.25, 0.3) is 0 Å². The summed E-state index contributed by atoms with van der Waals surface area (Å²) in [5.41, 5.74) is 0. The first-order chi connectivity index (χ1) is 8.72. The summed E-state index contributed by atoms with van der Waals surface area (Å²) >= 11 is 7.22. The number of thioether (sulfide) groups is 1. The van der Waals surface area contributed by atoms with Crippen molar-refractivity contribution in [3.63, 3.8) is 0 Å². The second-order valence-electron chi connectivity index (χ2n) is 3.43. The lowest BCUT2D eigenvalue weighted by molar-refractivity contribution is -0.118. The third-order valence-corrected chi connectivity index (χ3v) is 3.25. The number of amides is 1. The molecule has 0 saturated heterocycles. The van der Waals surface area contributed by atoms with Crippen molar-refractivity contribution in [1.29, 1.82) is 0 Å². The van der Waals surface area contributed by atoms with E-state index in [4.69, 9.17) is 21.4 Å². The molecule has 2 N–H and O–H groups in total. The molecule has 0 spiro atoms. The average molecular weight is 290 g/mol. The van der Waals surface area contributed by atoms with Gasteiger partial charge in [0.2, 0.25) is 5.91 Å². The van der Waals surface area contributed by atoms with E-state index in [1.807, 2.05) is 12.1 Å². The molecule has 4 nitrogen and oxygen atoms in total. The molecular formula is C12H16ClNO3S. The summed E-state index contributed by atoms with van der Waals surface area (Å²) in [5, 5.41) is 11.9. The fraction of sp³-hybridized carbons (Fsp3) is 0.417. The van der Waals surface area contributed by atoms with Crippen molar-refractivity contribution in [3.8, 4) is 0 Å². The largest absolute Gasteiger partial charge is 0.394 e. The number of hydrogen-bond acceptors (Lipinski definition) is 4. The van der Waals surface area contributed by atoms with E-state index in [2.05, 4.69) is 5.32 Å². The molecule has 1 aromatic carbocycles. The van der Waals surface area contributed by atoms with Crippen LogP contribution in [0.1, 0.15) is 0 Å². The highest BCUT2D eigenvalue weighted by Crippen LogP contribution is 2.19. The molecule has 100 valence electrons. The highest BCUT2D eigenvalue weighted by molar-refractivity contribution is 8.00. The number of carbonyl (C=O) groups is 1. The van der Waals surface area contributed by atoms with Gasteiger partial charge >= 0.3 is 0 Å². The van der Waals surface area contributed by atoms with Crippen molar-refractivity contribution >= 4 is 29.3 Å². The maximum absolute atomic E-state index is 11.5. The fourth-order valence-electron chi connectivity index (χ4n) is 1.16. The first-order valence-corrected chi connectivity index (χ1v) is 6.92. The lowest BCUT2D eigenvalue weighted by Crippen LogP contribution is -2.28. The molecule has 0 aliphatic rings. The Bertz CT molecular complexity index is 359. The zero-order chi connectivity index (χ0) is 13.2. The molecule has 0 aliphatic carbocycles. The topological polar surface area (TPSA) is 58.6 Å². The Morgan fingerprint density at radius 3 is 2.72 bits per heavy atom. The predicted molar refractivity (Wildman–Crippen MR) is 73.1 cm³/mol. The fourth-order valence-corrected chi connectivity index (χ4v) is 2.01. The first kappa shape index (κ1) is 15.3. The van der Waals surface area contributed by atoms with E-state index >= 15 is 0 Å². The van der Waals surface area contributed by atoms with E-state index in [1.165, 1.54) is 11.8 Å². The number of aliphatic hydroxyl groups excluding tert-OH is 1. The van der Waals surface area contributed by atoms with Gasteiger partial charge in [-0.3, -0.25) is 4.79 Å². The molecule has 1 amide bonds. The monoisotopic (exact) mass is 289 g/mol. The number of halogens is 1. The highest BCUT2D eigenvalue weighted by atomic mass is 35.5. The van der Waals surface area contributed by atoms with Crippen molar-refractivity contribution < 1.29 is 14.6 Å². The van der Waals surface area contributed by atoms with E-state index < -0.39 is 0 Å². The molecule has 1 aromatic rings. The summed E-state index contributed by atoms with van der Waals surface area (Å²) in [4.78, 5) is 12.5. The van der Waals surface area contributed by atoms with Crippen molar-refractivity contribution in [1.82, 2.24) is 5.32 Å². The number of hydrogen-bond donors (Lipinski definition) is 2. The Morgan fingerprint density at radius 2 is 2.06 bits per heavy atom. The number of rotatable bonds is 8. The molecule has 0 radical (unpaired) electrons. The van der Waals surface area contributed by atoms with Crippen LogP contribution in [0, 0.1) is 0 Å². The summed E-state index contributed by atoms with van der Waals surface area (Å²) in [7, 11) is 0. The van der Waals surface area contributed by atoms with E-state index in [1.54, 1.807) is 12.1 Å². The minimum atomic E-state index is -0.0393. The number of nitrogens with one attached hydrogen (secondary N) is 1. The summed E-state index contributed by atoms with van der Waals surface area (Å²) in [5.74, 6) is 0.323. The van der Waals surface area contributed by atoms with Crippen LogP contribution in [0.4, 0.5) is 0 Å². The van der Waals surface area contributed by atoms with Gasteiger partial charge in [-0.25, -0.2) is 0 Å². The molecule has 1 rings (SSSR count). The molecule has 6 heteroatoms. The van der Waals surface area contributed by atoms with Crippen LogP contribution in [-0.2, 0) is 9.53 Å². The molecule has 0 heterocycles. The Labute approximate surface area is 116 Å². The van der Waals surface area contributed by atoms with Crippen molar-refractivity contribution in [2.45, 2.75) is 4.90 Å². The summed E-state index contributed by atoms with van der Waals surface area (Å²) < 4.78 is 5.02. The quantitative estimate of drug-likeness (QED) is 0.563. The van der Waals surface area contributed by atoms with Gasteiger partial charge in [-0.05, 0) is 24.3 Å². The van der Waals surface area contributed by atoms with Gasteiger partial charge in [0.25, 0.3) is 0 Å². The summed E-state index contributed by atoms with van der Waals surface area (Å²) in [6, 6.07) is 7.35. The molecule has 0 aliphatic heterocycles. The number of aliphatic hydroxyl groups is 1. The van der Waals surface area contributed by atoms with Crippen LogP contribution in [0.15, 0.2) is 29.2 Å². The zero-order valence-electron chi connectivity index (χ0n) is 9.89. The van der Waals surface area contributed by atoms with E-state index in [-0.39, 0.29) is 12.5 Å². The number of ether oxygens (including phenoxy) is 1. The molecule has 0 fully saturated rings. The predicted octanol–water partition coefficient (Wildman–Crippen LogP) is 1.56. The molecule has 0 aromatic heterocycles. The highest BCUT2D eigenvalue weighted by Gasteiger charge is 2.02. The average Bonchev–Trinajstić information content (AvgIpc) is 2.38. The number of benzene rings is 1. The molecule has 18 heavy (non-hydrogen) atoms. The molecular weight excluding hydrogens is 274 g/mol. The van der Waals surface area contributed by atoms with Gasteiger partial charge < -0.3 is 15.2 Å². The van der Waals surface area contributed by atoms with Gasteiger partial charge in [-0.2, -0.15) is 0 Å². The van der Waals surface area contributed by atoms with Crippen LogP contribution in [-0.4, -0.2) is 43.1 Å². The SMILES string of the molecule is O=C(CSc1ccc(Cl)cc1)NCCOCCO. The van der Waals surface area contributed by atoms with Gasteiger partial charge in [-0.1, -0.05) is 11.6 Å². The summed E-state index contributed by atoms with van der Waals surface area (Å²) in [6.07, 6.45) is 0. The molecule has 0 bridgehead atoms. The Kier molecular flexibility index (Phi) is 7.84. The van der Waals surface area contributed by atoms with Crippen molar-refractivity contribution in [2.75, 3.05) is 32.1 Å². The van der Waals surface area contributed by atoms with Gasteiger partial charge in [0.1, 0.15) is 0 Å². The Balaban J connectivity index is 2.11. The molecule has 0 saturated carbocycles. The van der Waals surface area contributed by atoms with E-state index in [0.717, 1.165) is 4.90 Å². The molecule has 0 atom stereocenters. The smallest absolute Gasteiger partial charge is 0.230 e. The number of carbonyl (C=O) groups excluding carboxylic acids is 1. The minimum absolute atomic E-state index is 0.000362. The first-order valence-electron chi connectivity index (χ1n) is 5.56. The normalized spacial score (nSPS) is 10.3. The van der Waals surface area contributed by atoms with Crippen LogP contribution in [0.2, 0.25) is 5.02 Å². The lowest BCUT2D eigenvalue weighted by atomic mass is 10.4. The Hall–Kier alpha value is -0.750. The van der Waals surface area contributed by atoms with Gasteiger partial charge in [0.15, 0.2) is 0 Å².